The Bertz CT molecular complexity index is 664. The summed E-state index contributed by atoms with van der Waals surface area (Å²) in [6.07, 6.45) is 6.18. The summed E-state index contributed by atoms with van der Waals surface area (Å²) in [4.78, 5) is 6.63. The first-order chi connectivity index (χ1) is 12.3. The predicted octanol–water partition coefficient (Wildman–Crippen LogP) is 3.28. The summed E-state index contributed by atoms with van der Waals surface area (Å²) in [5.41, 5.74) is 2.70. The van der Waals surface area contributed by atoms with E-state index in [1.165, 1.54) is 11.1 Å². The number of piperidine rings is 1. The third kappa shape index (κ3) is 3.92. The molecule has 1 aromatic carbocycles. The maximum Gasteiger partial charge on any atom is 0.0718 e. The van der Waals surface area contributed by atoms with Crippen molar-refractivity contribution in [1.82, 2.24) is 9.88 Å². The zero-order valence-corrected chi connectivity index (χ0v) is 14.6. The molecule has 0 spiro atoms. The van der Waals surface area contributed by atoms with Gasteiger partial charge < -0.3 is 9.47 Å². The Morgan fingerprint density at radius 1 is 1.12 bits per heavy atom. The summed E-state index contributed by atoms with van der Waals surface area (Å²) in [6.45, 7) is 5.46. The number of pyridine rings is 1. The Morgan fingerprint density at radius 2 is 1.96 bits per heavy atom. The normalized spacial score (nSPS) is 26.5. The van der Waals surface area contributed by atoms with Crippen LogP contribution in [-0.4, -0.2) is 42.3 Å². The summed E-state index contributed by atoms with van der Waals surface area (Å²) in [5.74, 6) is 0. The quantitative estimate of drug-likeness (QED) is 0.810. The molecular formula is C21H26N2O2. The molecule has 132 valence electrons. The van der Waals surface area contributed by atoms with Crippen LogP contribution in [0.4, 0.5) is 0 Å². The average molecular weight is 338 g/mol. The third-order valence-electron chi connectivity index (χ3n) is 5.50. The molecule has 4 nitrogen and oxygen atoms in total. The lowest BCUT2D eigenvalue weighted by Crippen LogP contribution is -2.51. The first-order valence-corrected chi connectivity index (χ1v) is 9.19. The standard InChI is InChI=1S/C21H26N2O2/c1-2-4-18(5-3-1)14-23-12-8-20-21(16-23,9-13-25-20)17-24-15-19-6-10-22-11-7-19/h1-7,10-11,20H,8-9,12-17H2/t20-,21+/m0/s1. The van der Waals surface area contributed by atoms with Crippen molar-refractivity contribution >= 4 is 0 Å². The fourth-order valence-electron chi connectivity index (χ4n) is 4.18. The van der Waals surface area contributed by atoms with Crippen molar-refractivity contribution in [3.8, 4) is 0 Å². The van der Waals surface area contributed by atoms with Crippen LogP contribution in [0.3, 0.4) is 0 Å². The van der Waals surface area contributed by atoms with Gasteiger partial charge >= 0.3 is 0 Å². The second-order valence-electron chi connectivity index (χ2n) is 7.30. The molecule has 0 amide bonds. The summed E-state index contributed by atoms with van der Waals surface area (Å²) < 4.78 is 12.2. The Morgan fingerprint density at radius 3 is 2.80 bits per heavy atom. The largest absolute Gasteiger partial charge is 0.377 e. The van der Waals surface area contributed by atoms with Gasteiger partial charge in [-0.1, -0.05) is 30.3 Å². The summed E-state index contributed by atoms with van der Waals surface area (Å²) in [7, 11) is 0. The molecule has 1 aromatic heterocycles. The number of nitrogens with zero attached hydrogens (tertiary/aromatic N) is 2. The van der Waals surface area contributed by atoms with Crippen LogP contribution in [0.25, 0.3) is 0 Å². The summed E-state index contributed by atoms with van der Waals surface area (Å²) in [5, 5.41) is 0. The summed E-state index contributed by atoms with van der Waals surface area (Å²) >= 11 is 0. The minimum atomic E-state index is 0.139. The molecule has 2 atom stereocenters. The molecule has 0 unspecified atom stereocenters. The van der Waals surface area contributed by atoms with Gasteiger partial charge in [0.05, 0.1) is 19.3 Å². The number of likely N-dealkylation sites (tertiary alicyclic amines) is 1. The lowest BCUT2D eigenvalue weighted by molar-refractivity contribution is -0.0685. The van der Waals surface area contributed by atoms with E-state index in [4.69, 9.17) is 9.47 Å². The molecule has 0 aliphatic carbocycles. The minimum Gasteiger partial charge on any atom is -0.377 e. The van der Waals surface area contributed by atoms with Crippen LogP contribution in [-0.2, 0) is 22.6 Å². The van der Waals surface area contributed by atoms with Crippen molar-refractivity contribution < 1.29 is 9.47 Å². The van der Waals surface area contributed by atoms with E-state index >= 15 is 0 Å². The molecule has 2 aliphatic rings. The summed E-state index contributed by atoms with van der Waals surface area (Å²) in [6, 6.07) is 14.8. The number of hydrogen-bond donors (Lipinski definition) is 0. The number of ether oxygens (including phenoxy) is 2. The number of rotatable bonds is 6. The van der Waals surface area contributed by atoms with Gasteiger partial charge in [0.15, 0.2) is 0 Å². The van der Waals surface area contributed by atoms with E-state index in [1.807, 2.05) is 24.5 Å². The fraction of sp³-hybridized carbons (Fsp3) is 0.476. The van der Waals surface area contributed by atoms with Crippen molar-refractivity contribution in [2.45, 2.75) is 32.1 Å². The lowest BCUT2D eigenvalue weighted by atomic mass is 9.77. The molecule has 0 bridgehead atoms. The SMILES string of the molecule is c1ccc(CN2CC[C@@H]3OCC[C@]3(COCc3ccncc3)C2)cc1. The molecule has 4 heteroatoms. The van der Waals surface area contributed by atoms with Gasteiger partial charge in [-0.2, -0.15) is 0 Å². The highest BCUT2D eigenvalue weighted by atomic mass is 16.5. The van der Waals surface area contributed by atoms with Crippen LogP contribution < -0.4 is 0 Å². The van der Waals surface area contributed by atoms with E-state index in [-0.39, 0.29) is 5.41 Å². The monoisotopic (exact) mass is 338 g/mol. The van der Waals surface area contributed by atoms with E-state index in [9.17, 15) is 0 Å². The lowest BCUT2D eigenvalue weighted by Gasteiger charge is -2.43. The molecule has 0 N–H and O–H groups in total. The molecule has 2 fully saturated rings. The van der Waals surface area contributed by atoms with E-state index < -0.39 is 0 Å². The van der Waals surface area contributed by atoms with E-state index in [2.05, 4.69) is 40.2 Å². The molecule has 2 aliphatic heterocycles. The minimum absolute atomic E-state index is 0.139. The topological polar surface area (TPSA) is 34.6 Å². The Kier molecular flexibility index (Phi) is 5.11. The maximum atomic E-state index is 6.13. The Balaban J connectivity index is 1.38. The molecule has 25 heavy (non-hydrogen) atoms. The van der Waals surface area contributed by atoms with E-state index in [1.54, 1.807) is 0 Å². The van der Waals surface area contributed by atoms with Gasteiger partial charge in [-0.15, -0.1) is 0 Å². The molecular weight excluding hydrogens is 312 g/mol. The van der Waals surface area contributed by atoms with Crippen molar-refractivity contribution in [3.05, 3.63) is 66.0 Å². The zero-order valence-electron chi connectivity index (χ0n) is 14.6. The van der Waals surface area contributed by atoms with Crippen LogP contribution in [0.1, 0.15) is 24.0 Å². The predicted molar refractivity (Wildman–Crippen MR) is 97.0 cm³/mol. The molecule has 0 radical (unpaired) electrons. The average Bonchev–Trinajstić information content (AvgIpc) is 3.06. The van der Waals surface area contributed by atoms with Gasteiger partial charge in [-0.25, -0.2) is 0 Å². The van der Waals surface area contributed by atoms with Gasteiger partial charge in [-0.05, 0) is 36.1 Å². The highest BCUT2D eigenvalue weighted by Crippen LogP contribution is 2.41. The maximum absolute atomic E-state index is 6.13. The number of benzene rings is 1. The molecule has 0 saturated carbocycles. The van der Waals surface area contributed by atoms with Crippen LogP contribution in [0.2, 0.25) is 0 Å². The Hall–Kier alpha value is -1.75. The van der Waals surface area contributed by atoms with Crippen molar-refractivity contribution in [2.75, 3.05) is 26.3 Å². The third-order valence-corrected chi connectivity index (χ3v) is 5.50. The van der Waals surface area contributed by atoms with Gasteiger partial charge in [-0.3, -0.25) is 9.88 Å². The molecule has 4 rings (SSSR count). The van der Waals surface area contributed by atoms with Gasteiger partial charge in [0.25, 0.3) is 0 Å². The fourth-order valence-corrected chi connectivity index (χ4v) is 4.18. The number of hydrogen-bond acceptors (Lipinski definition) is 4. The first kappa shape index (κ1) is 16.7. The first-order valence-electron chi connectivity index (χ1n) is 9.19. The Labute approximate surface area is 149 Å². The van der Waals surface area contributed by atoms with Crippen molar-refractivity contribution in [3.63, 3.8) is 0 Å². The second kappa shape index (κ2) is 7.65. The van der Waals surface area contributed by atoms with Gasteiger partial charge in [0.1, 0.15) is 0 Å². The highest BCUT2D eigenvalue weighted by Gasteiger charge is 2.47. The molecule has 2 aromatic rings. The zero-order chi connectivity index (χ0) is 17.0. The van der Waals surface area contributed by atoms with Gasteiger partial charge in [0, 0.05) is 44.0 Å². The van der Waals surface area contributed by atoms with Crippen molar-refractivity contribution in [2.24, 2.45) is 5.41 Å². The number of aromatic nitrogens is 1. The van der Waals surface area contributed by atoms with Crippen LogP contribution in [0, 0.1) is 5.41 Å². The van der Waals surface area contributed by atoms with Crippen LogP contribution in [0.5, 0.6) is 0 Å². The smallest absolute Gasteiger partial charge is 0.0718 e. The second-order valence-corrected chi connectivity index (χ2v) is 7.30. The van der Waals surface area contributed by atoms with Crippen molar-refractivity contribution in [1.29, 1.82) is 0 Å². The van der Waals surface area contributed by atoms with Crippen LogP contribution in [0.15, 0.2) is 54.9 Å². The highest BCUT2D eigenvalue weighted by molar-refractivity contribution is 5.15. The molecule has 3 heterocycles. The van der Waals surface area contributed by atoms with E-state index in [0.717, 1.165) is 45.7 Å². The van der Waals surface area contributed by atoms with Gasteiger partial charge in [0.2, 0.25) is 0 Å². The molecule has 2 saturated heterocycles. The van der Waals surface area contributed by atoms with E-state index in [0.29, 0.717) is 12.7 Å². The van der Waals surface area contributed by atoms with Crippen LogP contribution >= 0.6 is 0 Å². The number of fused-ring (bicyclic) bond motifs is 1.